The van der Waals surface area contributed by atoms with Crippen molar-refractivity contribution in [1.82, 2.24) is 5.32 Å². The van der Waals surface area contributed by atoms with Crippen molar-refractivity contribution in [3.05, 3.63) is 58.1 Å². The van der Waals surface area contributed by atoms with Gasteiger partial charge in [-0.3, -0.25) is 4.79 Å². The fourth-order valence-corrected chi connectivity index (χ4v) is 3.00. The predicted molar refractivity (Wildman–Crippen MR) is 84.6 cm³/mol. The predicted octanol–water partition coefficient (Wildman–Crippen LogP) is 3.47. The van der Waals surface area contributed by atoms with Crippen molar-refractivity contribution in [2.45, 2.75) is 18.9 Å². The molecule has 0 spiro atoms. The summed E-state index contributed by atoms with van der Waals surface area (Å²) < 4.78 is 5.02. The van der Waals surface area contributed by atoms with E-state index in [2.05, 4.69) is 5.32 Å². The van der Waals surface area contributed by atoms with Crippen LogP contribution in [0.2, 0.25) is 5.02 Å². The van der Waals surface area contributed by atoms with E-state index in [1.165, 1.54) is 13.2 Å². The molecule has 4 nitrogen and oxygen atoms in total. The summed E-state index contributed by atoms with van der Waals surface area (Å²) in [5, 5.41) is 13.6. The van der Waals surface area contributed by atoms with E-state index in [0.717, 1.165) is 24.0 Å². The van der Waals surface area contributed by atoms with E-state index in [1.807, 2.05) is 18.2 Å². The monoisotopic (exact) mass is 317 g/mol. The Labute approximate surface area is 133 Å². The summed E-state index contributed by atoms with van der Waals surface area (Å²) in [5.74, 6) is 0.119. The van der Waals surface area contributed by atoms with E-state index in [1.54, 1.807) is 12.1 Å². The molecule has 0 saturated heterocycles. The van der Waals surface area contributed by atoms with E-state index < -0.39 is 0 Å². The van der Waals surface area contributed by atoms with Gasteiger partial charge in [-0.2, -0.15) is 0 Å². The molecule has 22 heavy (non-hydrogen) atoms. The number of halogens is 1. The molecule has 3 rings (SSSR count). The van der Waals surface area contributed by atoms with Crippen LogP contribution in [0.25, 0.3) is 0 Å². The van der Waals surface area contributed by atoms with Gasteiger partial charge in [0, 0.05) is 11.1 Å². The zero-order valence-electron chi connectivity index (χ0n) is 12.1. The maximum atomic E-state index is 12.4. The number of fused-ring (bicyclic) bond motifs is 1. The lowest BCUT2D eigenvalue weighted by Gasteiger charge is -2.15. The highest BCUT2D eigenvalue weighted by Gasteiger charge is 2.25. The fourth-order valence-electron chi connectivity index (χ4n) is 2.80. The van der Waals surface area contributed by atoms with E-state index in [-0.39, 0.29) is 23.3 Å². The molecule has 1 amide bonds. The molecule has 0 aromatic heterocycles. The van der Waals surface area contributed by atoms with Crippen LogP contribution in [-0.4, -0.2) is 18.1 Å². The number of methoxy groups -OCH3 is 1. The number of ether oxygens (including phenoxy) is 1. The lowest BCUT2D eigenvalue weighted by molar-refractivity contribution is 0.0934. The number of amides is 1. The molecule has 2 aromatic rings. The Bertz CT molecular complexity index is 730. The summed E-state index contributed by atoms with van der Waals surface area (Å²) >= 11 is 5.99. The molecule has 1 aliphatic carbocycles. The van der Waals surface area contributed by atoms with Crippen LogP contribution < -0.4 is 10.1 Å². The highest BCUT2D eigenvalue weighted by atomic mass is 35.5. The number of phenols is 1. The van der Waals surface area contributed by atoms with Crippen molar-refractivity contribution >= 4 is 17.5 Å². The number of rotatable bonds is 3. The number of benzene rings is 2. The van der Waals surface area contributed by atoms with Crippen LogP contribution in [0.3, 0.4) is 0 Å². The average molecular weight is 318 g/mol. The number of carbonyl (C=O) groups excluding carboxylic acids is 1. The van der Waals surface area contributed by atoms with Crippen LogP contribution in [0, 0.1) is 0 Å². The summed E-state index contributed by atoms with van der Waals surface area (Å²) in [4.78, 5) is 12.4. The number of hydrogen-bond acceptors (Lipinski definition) is 3. The number of aromatic hydroxyl groups is 1. The first-order chi connectivity index (χ1) is 10.6. The van der Waals surface area contributed by atoms with Gasteiger partial charge in [-0.1, -0.05) is 17.7 Å². The minimum absolute atomic E-state index is 0.0544. The van der Waals surface area contributed by atoms with Crippen LogP contribution in [0.5, 0.6) is 11.5 Å². The van der Waals surface area contributed by atoms with Gasteiger partial charge in [-0.25, -0.2) is 0 Å². The Hall–Kier alpha value is -2.20. The van der Waals surface area contributed by atoms with Crippen LogP contribution in [0.1, 0.15) is 33.9 Å². The molecule has 0 fully saturated rings. The quantitative estimate of drug-likeness (QED) is 0.911. The molecule has 0 saturated carbocycles. The Kier molecular flexibility index (Phi) is 3.94. The minimum atomic E-state index is -0.298. The van der Waals surface area contributed by atoms with Gasteiger partial charge in [-0.05, 0) is 48.2 Å². The van der Waals surface area contributed by atoms with Gasteiger partial charge in [0.05, 0.1) is 18.7 Å². The third kappa shape index (κ3) is 2.74. The van der Waals surface area contributed by atoms with Gasteiger partial charge >= 0.3 is 0 Å². The summed E-state index contributed by atoms with van der Waals surface area (Å²) in [5.41, 5.74) is 2.49. The lowest BCUT2D eigenvalue weighted by atomic mass is 10.1. The van der Waals surface area contributed by atoms with E-state index in [4.69, 9.17) is 16.3 Å². The Balaban J connectivity index is 1.79. The second-order valence-corrected chi connectivity index (χ2v) is 5.73. The van der Waals surface area contributed by atoms with Gasteiger partial charge < -0.3 is 15.2 Å². The normalized spacial score (nSPS) is 16.2. The number of aryl methyl sites for hydroxylation is 1. The van der Waals surface area contributed by atoms with Crippen molar-refractivity contribution in [1.29, 1.82) is 0 Å². The summed E-state index contributed by atoms with van der Waals surface area (Å²) in [6, 6.07) is 10.3. The number of carbonyl (C=O) groups is 1. The molecule has 1 atom stereocenters. The Morgan fingerprint density at radius 3 is 2.86 bits per heavy atom. The molecular weight excluding hydrogens is 302 g/mol. The molecule has 2 N–H and O–H groups in total. The van der Waals surface area contributed by atoms with Crippen molar-refractivity contribution in [3.8, 4) is 11.5 Å². The standard InChI is InChI=1S/C17H16ClNO3/c1-22-12-4-6-14(16(20)9-12)17(21)19-15-7-2-10-8-11(18)3-5-13(10)15/h3-6,8-9,15,20H,2,7H2,1H3,(H,19,21)/t15-/m0/s1. The summed E-state index contributed by atoms with van der Waals surface area (Å²) in [6.07, 6.45) is 1.72. The molecule has 0 bridgehead atoms. The van der Waals surface area contributed by atoms with Crippen LogP contribution in [0.15, 0.2) is 36.4 Å². The van der Waals surface area contributed by atoms with Crippen LogP contribution in [-0.2, 0) is 6.42 Å². The molecule has 0 unspecified atom stereocenters. The zero-order valence-corrected chi connectivity index (χ0v) is 12.9. The van der Waals surface area contributed by atoms with Gasteiger partial charge in [0.2, 0.25) is 0 Å². The van der Waals surface area contributed by atoms with Crippen LogP contribution >= 0.6 is 11.6 Å². The molecule has 2 aromatic carbocycles. The first kappa shape index (κ1) is 14.7. The zero-order chi connectivity index (χ0) is 15.7. The van der Waals surface area contributed by atoms with E-state index >= 15 is 0 Å². The third-order valence-electron chi connectivity index (χ3n) is 3.94. The minimum Gasteiger partial charge on any atom is -0.507 e. The smallest absolute Gasteiger partial charge is 0.255 e. The van der Waals surface area contributed by atoms with Gasteiger partial charge in [0.25, 0.3) is 5.91 Å². The van der Waals surface area contributed by atoms with Crippen molar-refractivity contribution in [2.75, 3.05) is 7.11 Å². The van der Waals surface area contributed by atoms with Crippen LogP contribution in [0.4, 0.5) is 0 Å². The topological polar surface area (TPSA) is 58.6 Å². The second kappa shape index (κ2) is 5.89. The SMILES string of the molecule is COc1ccc(C(=O)N[C@H]2CCc3cc(Cl)ccc32)c(O)c1. The van der Waals surface area contributed by atoms with Crippen molar-refractivity contribution in [3.63, 3.8) is 0 Å². The number of nitrogens with one attached hydrogen (secondary N) is 1. The highest BCUT2D eigenvalue weighted by molar-refractivity contribution is 6.30. The Morgan fingerprint density at radius 2 is 2.14 bits per heavy atom. The number of phenolic OH excluding ortho intramolecular Hbond substituents is 1. The summed E-state index contributed by atoms with van der Waals surface area (Å²) in [7, 11) is 1.51. The van der Waals surface area contributed by atoms with E-state index in [0.29, 0.717) is 10.8 Å². The lowest BCUT2D eigenvalue weighted by Crippen LogP contribution is -2.27. The molecule has 0 heterocycles. The fraction of sp³-hybridized carbons (Fsp3) is 0.235. The Morgan fingerprint density at radius 1 is 1.32 bits per heavy atom. The second-order valence-electron chi connectivity index (χ2n) is 5.29. The molecule has 114 valence electrons. The number of hydrogen-bond donors (Lipinski definition) is 2. The van der Waals surface area contributed by atoms with Gasteiger partial charge in [0.1, 0.15) is 11.5 Å². The van der Waals surface area contributed by atoms with Gasteiger partial charge in [-0.15, -0.1) is 0 Å². The maximum Gasteiger partial charge on any atom is 0.255 e. The van der Waals surface area contributed by atoms with Crippen molar-refractivity contribution in [2.24, 2.45) is 0 Å². The summed E-state index contributed by atoms with van der Waals surface area (Å²) in [6.45, 7) is 0. The first-order valence-electron chi connectivity index (χ1n) is 7.04. The maximum absolute atomic E-state index is 12.4. The average Bonchev–Trinajstić information content (AvgIpc) is 2.89. The molecular formula is C17H16ClNO3. The largest absolute Gasteiger partial charge is 0.507 e. The molecule has 0 aliphatic heterocycles. The molecule has 0 radical (unpaired) electrons. The first-order valence-corrected chi connectivity index (χ1v) is 7.42. The highest BCUT2D eigenvalue weighted by Crippen LogP contribution is 2.33. The van der Waals surface area contributed by atoms with Crippen molar-refractivity contribution < 1.29 is 14.6 Å². The van der Waals surface area contributed by atoms with Gasteiger partial charge in [0.15, 0.2) is 0 Å². The molecule has 1 aliphatic rings. The van der Waals surface area contributed by atoms with E-state index in [9.17, 15) is 9.90 Å². The molecule has 5 heteroatoms. The third-order valence-corrected chi connectivity index (χ3v) is 4.17.